The van der Waals surface area contributed by atoms with Crippen LogP contribution in [0.4, 0.5) is 10.5 Å². The van der Waals surface area contributed by atoms with Crippen LogP contribution in [-0.4, -0.2) is 39.8 Å². The minimum atomic E-state index is -3.20. The fraction of sp³-hybridized carbons (Fsp3) is 0.357. The molecule has 21 heavy (non-hydrogen) atoms. The maximum atomic E-state index is 11.5. The third-order valence-electron chi connectivity index (χ3n) is 3.03. The number of anilines is 1. The molecule has 1 heterocycles. The van der Waals surface area contributed by atoms with Gasteiger partial charge in [-0.05, 0) is 31.2 Å². The average Bonchev–Trinajstić information content (AvgIpc) is 2.90. The molecule has 2 amide bonds. The molecule has 112 valence electrons. The van der Waals surface area contributed by atoms with Crippen LogP contribution in [0.15, 0.2) is 24.3 Å². The molecule has 6 nitrogen and oxygen atoms in total. The molecule has 0 saturated carbocycles. The summed E-state index contributed by atoms with van der Waals surface area (Å²) in [6.45, 7) is 2.97. The van der Waals surface area contributed by atoms with Crippen molar-refractivity contribution in [2.75, 3.05) is 30.3 Å². The predicted octanol–water partition coefficient (Wildman–Crippen LogP) is 0.507. The highest BCUT2D eigenvalue weighted by atomic mass is 32.2. The van der Waals surface area contributed by atoms with Crippen molar-refractivity contribution in [3.8, 4) is 11.8 Å². The number of hydrogen-bond acceptors (Lipinski definition) is 3. The Kier molecular flexibility index (Phi) is 4.83. The molecular weight excluding hydrogens is 290 g/mol. The topological polar surface area (TPSA) is 78.5 Å². The second kappa shape index (κ2) is 6.61. The molecule has 0 aliphatic carbocycles. The van der Waals surface area contributed by atoms with Crippen LogP contribution in [0.5, 0.6) is 0 Å². The first-order valence-corrected chi connectivity index (χ1v) is 8.29. The lowest BCUT2D eigenvalue weighted by Gasteiger charge is -2.13. The van der Waals surface area contributed by atoms with Crippen molar-refractivity contribution in [1.29, 1.82) is 0 Å². The molecular formula is C14H17N3O3S. The van der Waals surface area contributed by atoms with Gasteiger partial charge in [0, 0.05) is 24.3 Å². The normalized spacial score (nSPS) is 14.5. The number of amides is 2. The first-order valence-electron chi connectivity index (χ1n) is 6.63. The van der Waals surface area contributed by atoms with E-state index in [2.05, 4.69) is 21.9 Å². The Labute approximate surface area is 124 Å². The molecule has 0 unspecified atom stereocenters. The van der Waals surface area contributed by atoms with Crippen LogP contribution in [0.25, 0.3) is 0 Å². The van der Waals surface area contributed by atoms with Crippen LogP contribution >= 0.6 is 0 Å². The van der Waals surface area contributed by atoms with Gasteiger partial charge in [-0.15, -0.1) is 0 Å². The van der Waals surface area contributed by atoms with E-state index in [1.54, 1.807) is 11.8 Å². The average molecular weight is 307 g/mol. The molecule has 1 aliphatic heterocycles. The Morgan fingerprint density at radius 3 is 2.62 bits per heavy atom. The molecule has 0 bridgehead atoms. The number of nitrogens with one attached hydrogen (secondary N) is 2. The lowest BCUT2D eigenvalue weighted by molar-refractivity contribution is 0.252. The van der Waals surface area contributed by atoms with Gasteiger partial charge in [-0.3, -0.25) is 4.90 Å². The quantitative estimate of drug-likeness (QED) is 0.796. The van der Waals surface area contributed by atoms with E-state index in [-0.39, 0.29) is 18.3 Å². The Hall–Kier alpha value is -2.04. The number of sulfonamides is 1. The maximum absolute atomic E-state index is 11.5. The van der Waals surface area contributed by atoms with Crippen LogP contribution in [0, 0.1) is 11.8 Å². The van der Waals surface area contributed by atoms with Gasteiger partial charge in [0.1, 0.15) is 0 Å². The van der Waals surface area contributed by atoms with Crippen molar-refractivity contribution < 1.29 is 13.2 Å². The van der Waals surface area contributed by atoms with Gasteiger partial charge in [0.25, 0.3) is 0 Å². The highest BCUT2D eigenvalue weighted by Gasteiger charge is 2.20. The van der Waals surface area contributed by atoms with E-state index in [0.29, 0.717) is 13.1 Å². The molecule has 1 aromatic rings. The first-order chi connectivity index (χ1) is 10.0. The van der Waals surface area contributed by atoms with Gasteiger partial charge in [-0.2, -0.15) is 0 Å². The van der Waals surface area contributed by atoms with Crippen LogP contribution in [0.3, 0.4) is 0 Å². The number of carbonyl (C=O) groups is 1. The summed E-state index contributed by atoms with van der Waals surface area (Å²) in [5.74, 6) is 5.67. The zero-order chi connectivity index (χ0) is 15.3. The predicted molar refractivity (Wildman–Crippen MR) is 81.5 cm³/mol. The molecule has 7 heteroatoms. The van der Waals surface area contributed by atoms with Gasteiger partial charge >= 0.3 is 6.03 Å². The lowest BCUT2D eigenvalue weighted by Crippen LogP contribution is -2.27. The van der Waals surface area contributed by atoms with Crippen molar-refractivity contribution in [1.82, 2.24) is 10.0 Å². The Morgan fingerprint density at radius 2 is 2.05 bits per heavy atom. The summed E-state index contributed by atoms with van der Waals surface area (Å²) < 4.78 is 24.8. The Bertz CT molecular complexity index is 672. The standard InChI is InChI=1S/C14H17N3O3S/c1-2-21(19,20)16-9-3-4-12-5-7-13(8-6-12)17-11-10-15-14(17)18/h5-8,16H,2,9-11H2,1H3,(H,15,18). The van der Waals surface area contributed by atoms with Gasteiger partial charge in [0.2, 0.25) is 10.0 Å². The molecule has 2 rings (SSSR count). The van der Waals surface area contributed by atoms with Crippen molar-refractivity contribution in [3.63, 3.8) is 0 Å². The zero-order valence-corrected chi connectivity index (χ0v) is 12.5. The van der Waals surface area contributed by atoms with Gasteiger partial charge in [0.05, 0.1) is 12.3 Å². The fourth-order valence-corrected chi connectivity index (χ4v) is 2.33. The monoisotopic (exact) mass is 307 g/mol. The van der Waals surface area contributed by atoms with Gasteiger partial charge in [-0.25, -0.2) is 17.9 Å². The third-order valence-corrected chi connectivity index (χ3v) is 4.37. The van der Waals surface area contributed by atoms with E-state index in [0.717, 1.165) is 11.3 Å². The number of rotatable bonds is 4. The number of nitrogens with zero attached hydrogens (tertiary/aromatic N) is 1. The molecule has 1 saturated heterocycles. The van der Waals surface area contributed by atoms with Crippen LogP contribution < -0.4 is 14.9 Å². The number of urea groups is 1. The molecule has 0 radical (unpaired) electrons. The summed E-state index contributed by atoms with van der Waals surface area (Å²) in [5, 5.41) is 2.74. The molecule has 0 spiro atoms. The number of hydrogen-bond donors (Lipinski definition) is 2. The lowest BCUT2D eigenvalue weighted by atomic mass is 10.2. The zero-order valence-electron chi connectivity index (χ0n) is 11.7. The first kappa shape index (κ1) is 15.4. The van der Waals surface area contributed by atoms with Crippen molar-refractivity contribution in [2.45, 2.75) is 6.92 Å². The summed E-state index contributed by atoms with van der Waals surface area (Å²) in [6.07, 6.45) is 0. The van der Waals surface area contributed by atoms with Crippen LogP contribution in [0.1, 0.15) is 12.5 Å². The van der Waals surface area contributed by atoms with Crippen molar-refractivity contribution in [3.05, 3.63) is 29.8 Å². The van der Waals surface area contributed by atoms with E-state index < -0.39 is 10.0 Å². The van der Waals surface area contributed by atoms with E-state index in [1.807, 2.05) is 24.3 Å². The van der Waals surface area contributed by atoms with Gasteiger partial charge < -0.3 is 5.32 Å². The van der Waals surface area contributed by atoms with E-state index in [9.17, 15) is 13.2 Å². The summed E-state index contributed by atoms with van der Waals surface area (Å²) in [5.41, 5.74) is 1.59. The second-order valence-electron chi connectivity index (χ2n) is 4.46. The van der Waals surface area contributed by atoms with Gasteiger partial charge in [-0.1, -0.05) is 11.8 Å². The van der Waals surface area contributed by atoms with Gasteiger partial charge in [0.15, 0.2) is 0 Å². The van der Waals surface area contributed by atoms with Crippen LogP contribution in [-0.2, 0) is 10.0 Å². The summed E-state index contributed by atoms with van der Waals surface area (Å²) >= 11 is 0. The molecule has 0 atom stereocenters. The largest absolute Gasteiger partial charge is 0.336 e. The molecule has 1 aromatic carbocycles. The molecule has 1 fully saturated rings. The Balaban J connectivity index is 1.96. The van der Waals surface area contributed by atoms with E-state index in [4.69, 9.17) is 0 Å². The fourth-order valence-electron chi connectivity index (χ4n) is 1.84. The van der Waals surface area contributed by atoms with E-state index >= 15 is 0 Å². The van der Waals surface area contributed by atoms with Crippen molar-refractivity contribution >= 4 is 21.7 Å². The second-order valence-corrected chi connectivity index (χ2v) is 6.55. The van der Waals surface area contributed by atoms with Crippen molar-refractivity contribution in [2.24, 2.45) is 0 Å². The highest BCUT2D eigenvalue weighted by Crippen LogP contribution is 2.16. The summed E-state index contributed by atoms with van der Waals surface area (Å²) in [4.78, 5) is 13.2. The SMILES string of the molecule is CCS(=O)(=O)NCC#Cc1ccc(N2CCNC2=O)cc1. The maximum Gasteiger partial charge on any atom is 0.321 e. The molecule has 0 aromatic heterocycles. The Morgan fingerprint density at radius 1 is 1.33 bits per heavy atom. The highest BCUT2D eigenvalue weighted by molar-refractivity contribution is 7.89. The van der Waals surface area contributed by atoms with E-state index in [1.165, 1.54) is 0 Å². The third kappa shape index (κ3) is 4.21. The van der Waals surface area contributed by atoms with Crippen LogP contribution in [0.2, 0.25) is 0 Å². The molecule has 1 aliphatic rings. The minimum absolute atomic E-state index is 0.0429. The number of carbonyl (C=O) groups excluding carboxylic acids is 1. The molecule has 2 N–H and O–H groups in total. The smallest absolute Gasteiger partial charge is 0.321 e. The summed E-state index contributed by atoms with van der Waals surface area (Å²) in [6, 6.07) is 7.17. The minimum Gasteiger partial charge on any atom is -0.336 e. The summed E-state index contributed by atoms with van der Waals surface area (Å²) in [7, 11) is -3.20. The number of benzene rings is 1.